The van der Waals surface area contributed by atoms with Crippen LogP contribution in [0.15, 0.2) is 24.3 Å². The maximum atomic E-state index is 12.5. The average molecular weight is 404 g/mol. The number of rotatable bonds is 5. The Labute approximate surface area is 171 Å². The van der Waals surface area contributed by atoms with E-state index < -0.39 is 0 Å². The first-order valence-electron chi connectivity index (χ1n) is 9.60. The summed E-state index contributed by atoms with van der Waals surface area (Å²) < 4.78 is 11.4. The van der Waals surface area contributed by atoms with Gasteiger partial charge in [-0.2, -0.15) is 0 Å². The normalized spacial score (nSPS) is 14.3. The number of hydrogen-bond donors (Lipinski definition) is 2. The van der Waals surface area contributed by atoms with Crippen LogP contribution in [0, 0.1) is 20.8 Å². The monoisotopic (exact) mass is 403 g/mol. The fourth-order valence-corrected chi connectivity index (χ4v) is 3.92. The average Bonchev–Trinajstić information content (AvgIpc) is 2.83. The smallest absolute Gasteiger partial charge is 0.279 e. The molecule has 1 atom stereocenters. The molecule has 0 fully saturated rings. The van der Waals surface area contributed by atoms with Gasteiger partial charge in [-0.05, 0) is 44.0 Å². The SMILES string of the molecule is Cc1cc(C)c(NC(=O)C[NH+](C)Cc2cc(Cl)c3c(c2)OCCCO3)c(C)c1. The van der Waals surface area contributed by atoms with Crippen LogP contribution in [0.4, 0.5) is 5.69 Å². The third kappa shape index (κ3) is 4.97. The fraction of sp³-hybridized carbons (Fsp3) is 0.409. The van der Waals surface area contributed by atoms with E-state index >= 15 is 0 Å². The van der Waals surface area contributed by atoms with Gasteiger partial charge in [0.15, 0.2) is 18.0 Å². The van der Waals surface area contributed by atoms with Crippen molar-refractivity contribution in [2.24, 2.45) is 0 Å². The first-order valence-corrected chi connectivity index (χ1v) is 9.98. The van der Waals surface area contributed by atoms with Crippen molar-refractivity contribution >= 4 is 23.2 Å². The maximum Gasteiger partial charge on any atom is 0.279 e. The molecular weight excluding hydrogens is 376 g/mol. The number of nitrogens with one attached hydrogen (secondary N) is 2. The summed E-state index contributed by atoms with van der Waals surface area (Å²) in [6.07, 6.45) is 0.837. The van der Waals surface area contributed by atoms with Crippen molar-refractivity contribution in [2.75, 3.05) is 32.1 Å². The molecule has 0 aromatic heterocycles. The molecule has 2 N–H and O–H groups in total. The van der Waals surface area contributed by atoms with Gasteiger partial charge >= 0.3 is 0 Å². The van der Waals surface area contributed by atoms with Crippen molar-refractivity contribution in [3.8, 4) is 11.5 Å². The highest BCUT2D eigenvalue weighted by Crippen LogP contribution is 2.37. The molecule has 28 heavy (non-hydrogen) atoms. The van der Waals surface area contributed by atoms with Gasteiger partial charge in [-0.3, -0.25) is 4.79 Å². The van der Waals surface area contributed by atoms with Crippen LogP contribution in [-0.4, -0.2) is 32.7 Å². The van der Waals surface area contributed by atoms with Crippen LogP contribution in [-0.2, 0) is 11.3 Å². The van der Waals surface area contributed by atoms with E-state index in [1.54, 1.807) is 0 Å². The fourth-order valence-electron chi connectivity index (χ4n) is 3.63. The molecule has 3 rings (SSSR count). The summed E-state index contributed by atoms with van der Waals surface area (Å²) in [7, 11) is 1.99. The number of aryl methyl sites for hydroxylation is 3. The number of carbonyl (C=O) groups excluding carboxylic acids is 1. The van der Waals surface area contributed by atoms with Crippen LogP contribution < -0.4 is 19.7 Å². The molecule has 0 bridgehead atoms. The topological polar surface area (TPSA) is 52.0 Å². The van der Waals surface area contributed by atoms with E-state index in [2.05, 4.69) is 24.4 Å². The van der Waals surface area contributed by atoms with Gasteiger partial charge in [0.05, 0.1) is 25.3 Å². The van der Waals surface area contributed by atoms with Crippen LogP contribution in [0.5, 0.6) is 11.5 Å². The summed E-state index contributed by atoms with van der Waals surface area (Å²) in [5.41, 5.74) is 5.28. The lowest BCUT2D eigenvalue weighted by Gasteiger charge is -2.17. The van der Waals surface area contributed by atoms with Gasteiger partial charge in [-0.15, -0.1) is 0 Å². The molecule has 6 heteroatoms. The molecule has 1 aliphatic heterocycles. The number of hydrogen-bond acceptors (Lipinski definition) is 3. The van der Waals surface area contributed by atoms with Crippen LogP contribution in [0.1, 0.15) is 28.7 Å². The Balaban J connectivity index is 1.64. The predicted octanol–water partition coefficient (Wildman–Crippen LogP) is 3.08. The largest absolute Gasteiger partial charge is 0.489 e. The Hall–Kier alpha value is -2.24. The van der Waals surface area contributed by atoms with Gasteiger partial charge in [0.1, 0.15) is 6.54 Å². The summed E-state index contributed by atoms with van der Waals surface area (Å²) in [4.78, 5) is 13.6. The number of anilines is 1. The molecule has 2 aromatic rings. The second-order valence-corrected chi connectivity index (χ2v) is 8.00. The second kappa shape index (κ2) is 8.84. The number of likely N-dealkylation sites (N-methyl/N-ethyl adjacent to an activating group) is 1. The molecular formula is C22H28ClN2O3+. The van der Waals surface area contributed by atoms with Crippen molar-refractivity contribution in [3.63, 3.8) is 0 Å². The van der Waals surface area contributed by atoms with Crippen molar-refractivity contribution in [2.45, 2.75) is 33.7 Å². The minimum absolute atomic E-state index is 0.00649. The van der Waals surface area contributed by atoms with E-state index in [0.717, 1.165) is 33.7 Å². The molecule has 0 saturated carbocycles. The number of fused-ring (bicyclic) bond motifs is 1. The van der Waals surface area contributed by atoms with E-state index in [4.69, 9.17) is 21.1 Å². The Morgan fingerprint density at radius 1 is 1.11 bits per heavy atom. The standard InChI is InChI=1S/C22H27ClN2O3/c1-14-8-15(2)21(16(3)9-14)24-20(26)13-25(4)12-17-10-18(23)22-19(11-17)27-6-5-7-28-22/h8-11H,5-7,12-13H2,1-4H3,(H,24,26)/p+1. The van der Waals surface area contributed by atoms with E-state index in [9.17, 15) is 4.79 Å². The van der Waals surface area contributed by atoms with Gasteiger partial charge in [0, 0.05) is 17.7 Å². The molecule has 0 saturated heterocycles. The molecule has 1 unspecified atom stereocenters. The molecule has 0 spiro atoms. The lowest BCUT2D eigenvalue weighted by atomic mass is 10.1. The van der Waals surface area contributed by atoms with Crippen LogP contribution in [0.2, 0.25) is 5.02 Å². The molecule has 1 heterocycles. The molecule has 0 radical (unpaired) electrons. The van der Waals surface area contributed by atoms with Gasteiger partial charge in [-0.1, -0.05) is 29.3 Å². The lowest BCUT2D eigenvalue weighted by molar-refractivity contribution is -0.885. The van der Waals surface area contributed by atoms with Crippen molar-refractivity contribution < 1.29 is 19.2 Å². The maximum absolute atomic E-state index is 12.5. The number of quaternary nitrogens is 1. The first-order chi connectivity index (χ1) is 13.3. The number of halogens is 1. The first kappa shape index (κ1) is 20.5. The summed E-state index contributed by atoms with van der Waals surface area (Å²) in [5, 5.41) is 3.61. The molecule has 2 aromatic carbocycles. The minimum Gasteiger partial charge on any atom is -0.489 e. The van der Waals surface area contributed by atoms with Crippen LogP contribution in [0.25, 0.3) is 0 Å². The zero-order chi connectivity index (χ0) is 20.3. The van der Waals surface area contributed by atoms with Gasteiger partial charge < -0.3 is 19.7 Å². The van der Waals surface area contributed by atoms with Crippen LogP contribution in [0.3, 0.4) is 0 Å². The molecule has 1 aliphatic rings. The Bertz CT molecular complexity index is 859. The Morgan fingerprint density at radius 2 is 1.79 bits per heavy atom. The summed E-state index contributed by atoms with van der Waals surface area (Å²) in [6, 6.07) is 8.02. The van der Waals surface area contributed by atoms with Gasteiger partial charge in [0.25, 0.3) is 5.91 Å². The molecule has 150 valence electrons. The molecule has 1 amide bonds. The minimum atomic E-state index is -0.00649. The number of carbonyl (C=O) groups is 1. The quantitative estimate of drug-likeness (QED) is 0.806. The number of amides is 1. The third-order valence-electron chi connectivity index (χ3n) is 4.77. The highest BCUT2D eigenvalue weighted by atomic mass is 35.5. The zero-order valence-electron chi connectivity index (χ0n) is 16.9. The molecule has 0 aliphatic carbocycles. The third-order valence-corrected chi connectivity index (χ3v) is 5.05. The Morgan fingerprint density at radius 3 is 2.50 bits per heavy atom. The zero-order valence-corrected chi connectivity index (χ0v) is 17.7. The highest BCUT2D eigenvalue weighted by Gasteiger charge is 2.18. The van der Waals surface area contributed by atoms with Crippen molar-refractivity contribution in [1.29, 1.82) is 0 Å². The summed E-state index contributed by atoms with van der Waals surface area (Å²) in [5.74, 6) is 1.29. The predicted molar refractivity (Wildman–Crippen MR) is 112 cm³/mol. The van der Waals surface area contributed by atoms with Crippen molar-refractivity contribution in [3.05, 3.63) is 51.5 Å². The van der Waals surface area contributed by atoms with Crippen molar-refractivity contribution in [1.82, 2.24) is 0 Å². The van der Waals surface area contributed by atoms with Crippen LogP contribution >= 0.6 is 11.6 Å². The second-order valence-electron chi connectivity index (χ2n) is 7.59. The van der Waals surface area contributed by atoms with E-state index in [1.165, 1.54) is 5.56 Å². The van der Waals surface area contributed by atoms with E-state index in [1.807, 2.05) is 33.0 Å². The summed E-state index contributed by atoms with van der Waals surface area (Å²) in [6.45, 7) is 8.35. The number of ether oxygens (including phenoxy) is 2. The highest BCUT2D eigenvalue weighted by molar-refractivity contribution is 6.32. The Kier molecular flexibility index (Phi) is 6.47. The summed E-state index contributed by atoms with van der Waals surface area (Å²) >= 11 is 6.37. The van der Waals surface area contributed by atoms with Gasteiger partial charge in [-0.25, -0.2) is 0 Å². The molecule has 5 nitrogen and oxygen atoms in total. The van der Waals surface area contributed by atoms with Gasteiger partial charge in [0.2, 0.25) is 0 Å². The van der Waals surface area contributed by atoms with E-state index in [0.29, 0.717) is 42.8 Å². The number of benzene rings is 2. The van der Waals surface area contributed by atoms with E-state index in [-0.39, 0.29) is 5.91 Å². The lowest BCUT2D eigenvalue weighted by Crippen LogP contribution is -3.08.